The third kappa shape index (κ3) is 3.50. The van der Waals surface area contributed by atoms with Crippen molar-refractivity contribution in [3.05, 3.63) is 65.7 Å². The minimum Gasteiger partial charge on any atom is -0.370 e. The summed E-state index contributed by atoms with van der Waals surface area (Å²) >= 11 is 0. The van der Waals surface area contributed by atoms with E-state index >= 15 is 0 Å². The Morgan fingerprint density at radius 1 is 1.19 bits per heavy atom. The van der Waals surface area contributed by atoms with Crippen LogP contribution in [0, 0.1) is 0 Å². The van der Waals surface area contributed by atoms with E-state index in [2.05, 4.69) is 15.4 Å². The molecule has 1 fully saturated rings. The van der Waals surface area contributed by atoms with Gasteiger partial charge in [-0.3, -0.25) is 9.48 Å². The van der Waals surface area contributed by atoms with Crippen molar-refractivity contribution >= 4 is 5.91 Å². The van der Waals surface area contributed by atoms with Crippen molar-refractivity contribution in [3.63, 3.8) is 0 Å². The van der Waals surface area contributed by atoms with Crippen molar-refractivity contribution in [2.24, 2.45) is 7.05 Å². The highest BCUT2D eigenvalue weighted by molar-refractivity contribution is 5.92. The van der Waals surface area contributed by atoms with Crippen molar-refractivity contribution in [2.45, 2.75) is 19.3 Å². The molecule has 3 heterocycles. The summed E-state index contributed by atoms with van der Waals surface area (Å²) in [6.07, 6.45) is 3.65. The van der Waals surface area contributed by atoms with E-state index in [1.807, 2.05) is 41.2 Å². The van der Waals surface area contributed by atoms with Gasteiger partial charge in [-0.2, -0.15) is 5.10 Å². The molecule has 0 atom stereocenters. The second kappa shape index (κ2) is 7.09. The van der Waals surface area contributed by atoms with Crippen LogP contribution in [0.1, 0.15) is 27.8 Å². The number of likely N-dealkylation sites (tertiary alicyclic amines) is 1. The van der Waals surface area contributed by atoms with Crippen LogP contribution < -0.4 is 0 Å². The minimum absolute atomic E-state index is 0.0478. The minimum atomic E-state index is -0.0478. The van der Waals surface area contributed by atoms with Gasteiger partial charge in [0.15, 0.2) is 0 Å². The third-order valence-corrected chi connectivity index (χ3v) is 4.38. The molecule has 26 heavy (non-hydrogen) atoms. The number of ether oxygens (including phenoxy) is 1. The number of carbonyl (C=O) groups excluding carboxylic acids is 1. The molecule has 8 nitrogen and oxygen atoms in total. The van der Waals surface area contributed by atoms with E-state index < -0.39 is 0 Å². The zero-order chi connectivity index (χ0) is 17.9. The van der Waals surface area contributed by atoms with Crippen LogP contribution in [0.15, 0.2) is 48.8 Å². The van der Waals surface area contributed by atoms with E-state index in [1.165, 1.54) is 0 Å². The molecule has 8 heteroatoms. The van der Waals surface area contributed by atoms with Gasteiger partial charge in [-0.05, 0) is 11.6 Å². The number of carbonyl (C=O) groups is 1. The summed E-state index contributed by atoms with van der Waals surface area (Å²) < 4.78 is 9.12. The molecule has 0 unspecified atom stereocenters. The first-order valence-corrected chi connectivity index (χ1v) is 8.50. The largest absolute Gasteiger partial charge is 0.370 e. The van der Waals surface area contributed by atoms with Crippen molar-refractivity contribution in [3.8, 4) is 0 Å². The van der Waals surface area contributed by atoms with Gasteiger partial charge >= 0.3 is 0 Å². The average molecular weight is 352 g/mol. The number of rotatable bonds is 6. The van der Waals surface area contributed by atoms with Crippen molar-refractivity contribution < 1.29 is 9.53 Å². The Balaban J connectivity index is 1.26. The molecular weight excluding hydrogens is 332 g/mol. The number of hydrogen-bond donors (Lipinski definition) is 0. The summed E-state index contributed by atoms with van der Waals surface area (Å²) in [7, 11) is 1.80. The van der Waals surface area contributed by atoms with E-state index in [0.29, 0.717) is 32.0 Å². The second-order valence-corrected chi connectivity index (χ2v) is 6.41. The fourth-order valence-corrected chi connectivity index (χ4v) is 2.89. The van der Waals surface area contributed by atoms with E-state index in [0.717, 1.165) is 11.3 Å². The molecule has 1 aliphatic rings. The number of nitrogens with zero attached hydrogens (tertiary/aromatic N) is 6. The second-order valence-electron chi connectivity index (χ2n) is 6.41. The lowest BCUT2D eigenvalue weighted by molar-refractivity contribution is 0.0491. The molecule has 3 aromatic rings. The summed E-state index contributed by atoms with van der Waals surface area (Å²) in [4.78, 5) is 14.0. The fourth-order valence-electron chi connectivity index (χ4n) is 2.89. The normalized spacial score (nSPS) is 14.4. The summed E-state index contributed by atoms with van der Waals surface area (Å²) in [5.74, 6) is -0.0478. The van der Waals surface area contributed by atoms with Crippen LogP contribution in [0.5, 0.6) is 0 Å². The Bertz CT molecular complexity index is 882. The molecule has 0 saturated carbocycles. The molecule has 1 saturated heterocycles. The first-order valence-electron chi connectivity index (χ1n) is 8.50. The third-order valence-electron chi connectivity index (χ3n) is 4.38. The van der Waals surface area contributed by atoms with Crippen LogP contribution in [-0.2, 0) is 25.0 Å². The molecule has 0 N–H and O–H groups in total. The van der Waals surface area contributed by atoms with Crippen LogP contribution in [0.2, 0.25) is 0 Å². The summed E-state index contributed by atoms with van der Waals surface area (Å²) in [6, 6.07) is 11.9. The first kappa shape index (κ1) is 16.5. The van der Waals surface area contributed by atoms with Gasteiger partial charge in [0.25, 0.3) is 5.91 Å². The van der Waals surface area contributed by atoms with Crippen molar-refractivity contribution in [2.75, 3.05) is 13.1 Å². The maximum Gasteiger partial charge on any atom is 0.274 e. The van der Waals surface area contributed by atoms with Gasteiger partial charge in [0.05, 0.1) is 25.5 Å². The van der Waals surface area contributed by atoms with Gasteiger partial charge in [-0.15, -0.1) is 5.10 Å². The summed E-state index contributed by atoms with van der Waals surface area (Å²) in [5.41, 5.74) is 2.39. The molecule has 2 aromatic heterocycles. The molecular formula is C18H20N6O2. The maximum atomic E-state index is 12.3. The SMILES string of the molecule is Cn1ccc(C(=O)N2CC(n3cc(COCc4ccccc4)nn3)C2)n1. The Morgan fingerprint density at radius 3 is 2.73 bits per heavy atom. The van der Waals surface area contributed by atoms with Crippen molar-refractivity contribution in [1.82, 2.24) is 29.7 Å². The predicted octanol–water partition coefficient (Wildman–Crippen LogP) is 1.43. The Labute approximate surface area is 151 Å². The quantitative estimate of drug-likeness (QED) is 0.671. The van der Waals surface area contributed by atoms with Gasteiger partial charge in [0, 0.05) is 26.3 Å². The fraction of sp³-hybridized carbons (Fsp3) is 0.333. The molecule has 0 spiro atoms. The van der Waals surface area contributed by atoms with Gasteiger partial charge in [-0.25, -0.2) is 4.68 Å². The number of aryl methyl sites for hydroxylation is 1. The summed E-state index contributed by atoms with van der Waals surface area (Å²) in [5, 5.41) is 12.5. The van der Waals surface area contributed by atoms with E-state index in [1.54, 1.807) is 28.9 Å². The highest BCUT2D eigenvalue weighted by Crippen LogP contribution is 2.22. The molecule has 1 aliphatic heterocycles. The molecule has 134 valence electrons. The molecule has 0 radical (unpaired) electrons. The van der Waals surface area contributed by atoms with Crippen LogP contribution >= 0.6 is 0 Å². The highest BCUT2D eigenvalue weighted by atomic mass is 16.5. The van der Waals surface area contributed by atoms with Crippen LogP contribution in [0.3, 0.4) is 0 Å². The number of benzene rings is 1. The standard InChI is InChI=1S/C18H20N6O2/c1-22-8-7-17(20-22)18(25)23-10-16(11-23)24-9-15(19-21-24)13-26-12-14-5-3-2-4-6-14/h2-9,16H,10-13H2,1H3. The molecule has 0 bridgehead atoms. The van der Waals surface area contributed by atoms with Gasteiger partial charge in [0.2, 0.25) is 0 Å². The number of aromatic nitrogens is 5. The van der Waals surface area contributed by atoms with E-state index in [9.17, 15) is 4.79 Å². The van der Waals surface area contributed by atoms with Gasteiger partial charge < -0.3 is 9.64 Å². The Kier molecular flexibility index (Phi) is 4.49. The van der Waals surface area contributed by atoms with Gasteiger partial charge in [0.1, 0.15) is 11.4 Å². The number of hydrogen-bond acceptors (Lipinski definition) is 5. The van der Waals surface area contributed by atoms with E-state index in [4.69, 9.17) is 4.74 Å². The summed E-state index contributed by atoms with van der Waals surface area (Å²) in [6.45, 7) is 2.19. The van der Waals surface area contributed by atoms with Crippen molar-refractivity contribution in [1.29, 1.82) is 0 Å². The zero-order valence-corrected chi connectivity index (χ0v) is 14.5. The smallest absolute Gasteiger partial charge is 0.274 e. The molecule has 0 aliphatic carbocycles. The monoisotopic (exact) mass is 352 g/mol. The van der Waals surface area contributed by atoms with E-state index in [-0.39, 0.29) is 11.9 Å². The lowest BCUT2D eigenvalue weighted by atomic mass is 10.1. The zero-order valence-electron chi connectivity index (χ0n) is 14.5. The average Bonchev–Trinajstić information content (AvgIpc) is 3.24. The number of amides is 1. The highest BCUT2D eigenvalue weighted by Gasteiger charge is 2.34. The lowest BCUT2D eigenvalue weighted by Gasteiger charge is -2.38. The topological polar surface area (TPSA) is 78.1 Å². The van der Waals surface area contributed by atoms with Crippen LogP contribution in [0.25, 0.3) is 0 Å². The predicted molar refractivity (Wildman–Crippen MR) is 93.1 cm³/mol. The molecule has 1 amide bonds. The first-order chi connectivity index (χ1) is 12.7. The Hall–Kier alpha value is -3.00. The van der Waals surface area contributed by atoms with Gasteiger partial charge in [-0.1, -0.05) is 35.5 Å². The van der Waals surface area contributed by atoms with Crippen LogP contribution in [0.4, 0.5) is 0 Å². The maximum absolute atomic E-state index is 12.3. The Morgan fingerprint density at radius 2 is 2.00 bits per heavy atom. The lowest BCUT2D eigenvalue weighted by Crippen LogP contribution is -2.51. The molecule has 1 aromatic carbocycles. The van der Waals surface area contributed by atoms with Crippen LogP contribution in [-0.4, -0.2) is 48.7 Å². The molecule has 4 rings (SSSR count).